The second-order valence-corrected chi connectivity index (χ2v) is 8.53. The molecule has 152 valence electrons. The zero-order valence-electron chi connectivity index (χ0n) is 16.8. The zero-order valence-corrected chi connectivity index (χ0v) is 16.8. The Balaban J connectivity index is 1.30. The van der Waals surface area contributed by atoms with Crippen LogP contribution in [0.25, 0.3) is 0 Å². The minimum absolute atomic E-state index is 0.0244. The van der Waals surface area contributed by atoms with Crippen molar-refractivity contribution in [3.63, 3.8) is 0 Å². The van der Waals surface area contributed by atoms with Crippen molar-refractivity contribution in [3.05, 3.63) is 35.9 Å². The minimum Gasteiger partial charge on any atom is -0.441 e. The lowest BCUT2D eigenvalue weighted by Crippen LogP contribution is -2.54. The molecule has 3 aliphatic heterocycles. The van der Waals surface area contributed by atoms with Crippen LogP contribution in [-0.2, 0) is 16.0 Å². The maximum atomic E-state index is 12.9. The molecule has 0 unspecified atom stereocenters. The van der Waals surface area contributed by atoms with E-state index in [0.717, 1.165) is 38.6 Å². The Morgan fingerprint density at radius 1 is 1.14 bits per heavy atom. The molecular formula is C22H31N3O3. The van der Waals surface area contributed by atoms with E-state index in [9.17, 15) is 9.59 Å². The summed E-state index contributed by atoms with van der Waals surface area (Å²) in [6.45, 7) is 3.69. The van der Waals surface area contributed by atoms with E-state index in [0.29, 0.717) is 26.2 Å². The van der Waals surface area contributed by atoms with E-state index >= 15 is 0 Å². The number of likely N-dealkylation sites (N-methyl/N-ethyl adjacent to an activating group) is 1. The van der Waals surface area contributed by atoms with Gasteiger partial charge in [0, 0.05) is 32.5 Å². The molecule has 3 heterocycles. The number of piperidine rings is 2. The Morgan fingerprint density at radius 2 is 1.89 bits per heavy atom. The number of benzene rings is 1. The van der Waals surface area contributed by atoms with Crippen molar-refractivity contribution in [2.45, 2.75) is 50.2 Å². The third kappa shape index (κ3) is 4.02. The van der Waals surface area contributed by atoms with Crippen LogP contribution in [0.2, 0.25) is 0 Å². The van der Waals surface area contributed by atoms with Crippen molar-refractivity contribution in [1.82, 2.24) is 14.7 Å². The summed E-state index contributed by atoms with van der Waals surface area (Å²) >= 11 is 0. The molecule has 28 heavy (non-hydrogen) atoms. The lowest BCUT2D eigenvalue weighted by Gasteiger charge is -2.41. The zero-order chi connectivity index (χ0) is 19.6. The van der Waals surface area contributed by atoms with E-state index in [1.807, 2.05) is 28.0 Å². The molecule has 6 heteroatoms. The third-order valence-electron chi connectivity index (χ3n) is 6.60. The summed E-state index contributed by atoms with van der Waals surface area (Å²) < 4.78 is 5.82. The van der Waals surface area contributed by atoms with Crippen LogP contribution in [0.1, 0.15) is 37.7 Å². The highest BCUT2D eigenvalue weighted by molar-refractivity contribution is 5.82. The number of likely N-dealkylation sites (tertiary alicyclic amines) is 2. The van der Waals surface area contributed by atoms with Gasteiger partial charge in [-0.15, -0.1) is 0 Å². The number of carbonyl (C=O) groups excluding carboxylic acids is 2. The quantitative estimate of drug-likeness (QED) is 0.799. The summed E-state index contributed by atoms with van der Waals surface area (Å²) in [5.41, 5.74) is 0.816. The summed E-state index contributed by atoms with van der Waals surface area (Å²) in [5.74, 6) is 0.252. The first-order valence-corrected chi connectivity index (χ1v) is 10.6. The Morgan fingerprint density at radius 3 is 2.61 bits per heavy atom. The van der Waals surface area contributed by atoms with Crippen LogP contribution < -0.4 is 0 Å². The normalized spacial score (nSPS) is 25.2. The predicted octanol–water partition coefficient (Wildman–Crippen LogP) is 2.53. The molecule has 3 saturated heterocycles. The fourth-order valence-corrected chi connectivity index (χ4v) is 4.77. The Labute approximate surface area is 167 Å². The van der Waals surface area contributed by atoms with Gasteiger partial charge in [-0.05, 0) is 38.4 Å². The van der Waals surface area contributed by atoms with Gasteiger partial charge in [0.15, 0.2) is 0 Å². The predicted molar refractivity (Wildman–Crippen MR) is 107 cm³/mol. The van der Waals surface area contributed by atoms with Gasteiger partial charge in [0.2, 0.25) is 5.91 Å². The largest absolute Gasteiger partial charge is 0.441 e. The smallest absolute Gasteiger partial charge is 0.410 e. The number of hydrogen-bond donors (Lipinski definition) is 0. The van der Waals surface area contributed by atoms with Crippen LogP contribution >= 0.6 is 0 Å². The Hall–Kier alpha value is -2.08. The molecule has 1 aromatic carbocycles. The van der Waals surface area contributed by atoms with Gasteiger partial charge in [-0.1, -0.05) is 36.8 Å². The highest BCUT2D eigenvalue weighted by Crippen LogP contribution is 2.34. The van der Waals surface area contributed by atoms with E-state index in [4.69, 9.17) is 4.74 Å². The molecule has 1 spiro atoms. The van der Waals surface area contributed by atoms with Crippen LogP contribution in [-0.4, -0.2) is 78.1 Å². The first kappa shape index (κ1) is 19.2. The molecule has 2 amide bonds. The van der Waals surface area contributed by atoms with Crippen LogP contribution in [0.3, 0.4) is 0 Å². The van der Waals surface area contributed by atoms with Gasteiger partial charge in [-0.2, -0.15) is 0 Å². The average Bonchev–Trinajstić information content (AvgIpc) is 3.02. The van der Waals surface area contributed by atoms with Crippen LogP contribution in [0.4, 0.5) is 4.79 Å². The first-order valence-electron chi connectivity index (χ1n) is 10.6. The lowest BCUT2D eigenvalue weighted by atomic mass is 9.90. The van der Waals surface area contributed by atoms with Crippen molar-refractivity contribution >= 4 is 12.0 Å². The SMILES string of the molecule is CN1CCCC[C@H]1C(=O)N1CCC2(CC1)CN(CCc1ccccc1)C(=O)O2. The van der Waals surface area contributed by atoms with E-state index in [1.165, 1.54) is 12.0 Å². The Kier molecular flexibility index (Phi) is 5.58. The molecule has 6 nitrogen and oxygen atoms in total. The van der Waals surface area contributed by atoms with Gasteiger partial charge in [-0.3, -0.25) is 9.69 Å². The van der Waals surface area contributed by atoms with Crippen LogP contribution in [0.5, 0.6) is 0 Å². The Bertz CT molecular complexity index is 700. The summed E-state index contributed by atoms with van der Waals surface area (Å²) in [6.07, 6.45) is 5.38. The summed E-state index contributed by atoms with van der Waals surface area (Å²) in [4.78, 5) is 31.3. The number of carbonyl (C=O) groups is 2. The van der Waals surface area contributed by atoms with Gasteiger partial charge in [0.1, 0.15) is 5.60 Å². The summed E-state index contributed by atoms with van der Waals surface area (Å²) in [5, 5.41) is 0. The number of rotatable bonds is 4. The fourth-order valence-electron chi connectivity index (χ4n) is 4.77. The van der Waals surface area contributed by atoms with E-state index < -0.39 is 5.60 Å². The number of ether oxygens (including phenoxy) is 1. The molecule has 0 bridgehead atoms. The van der Waals surface area contributed by atoms with Gasteiger partial charge < -0.3 is 14.5 Å². The second kappa shape index (κ2) is 8.11. The van der Waals surface area contributed by atoms with Gasteiger partial charge >= 0.3 is 6.09 Å². The van der Waals surface area contributed by atoms with Gasteiger partial charge in [-0.25, -0.2) is 4.79 Å². The average molecular weight is 386 g/mol. The molecular weight excluding hydrogens is 354 g/mol. The van der Waals surface area contributed by atoms with Crippen molar-refractivity contribution in [2.75, 3.05) is 39.8 Å². The van der Waals surface area contributed by atoms with E-state index in [2.05, 4.69) is 24.1 Å². The molecule has 0 aromatic heterocycles. The molecule has 0 aliphatic carbocycles. The van der Waals surface area contributed by atoms with Crippen molar-refractivity contribution in [1.29, 1.82) is 0 Å². The molecule has 4 rings (SSSR count). The van der Waals surface area contributed by atoms with Gasteiger partial charge in [0.25, 0.3) is 0 Å². The first-order chi connectivity index (χ1) is 13.6. The molecule has 0 N–H and O–H groups in total. The topological polar surface area (TPSA) is 53.1 Å². The van der Waals surface area contributed by atoms with Gasteiger partial charge in [0.05, 0.1) is 12.6 Å². The standard InChI is InChI=1S/C22H31N3O3/c1-23-13-6-5-9-19(23)20(26)24-15-11-22(12-16-24)17-25(21(27)28-22)14-10-18-7-3-2-4-8-18/h2-4,7-8,19H,5-6,9-17H2,1H3/t19-/m0/s1. The fraction of sp³-hybridized carbons (Fsp3) is 0.636. The van der Waals surface area contributed by atoms with Crippen molar-refractivity contribution in [3.8, 4) is 0 Å². The number of amides is 2. The summed E-state index contributed by atoms with van der Waals surface area (Å²) in [6, 6.07) is 10.2. The maximum absolute atomic E-state index is 12.9. The van der Waals surface area contributed by atoms with Crippen LogP contribution in [0, 0.1) is 0 Å². The maximum Gasteiger partial charge on any atom is 0.410 e. The second-order valence-electron chi connectivity index (χ2n) is 8.53. The van der Waals surface area contributed by atoms with Crippen molar-refractivity contribution < 1.29 is 14.3 Å². The summed E-state index contributed by atoms with van der Waals surface area (Å²) in [7, 11) is 2.05. The molecule has 0 radical (unpaired) electrons. The van der Waals surface area contributed by atoms with Crippen molar-refractivity contribution in [2.24, 2.45) is 0 Å². The van der Waals surface area contributed by atoms with Crippen LogP contribution in [0.15, 0.2) is 30.3 Å². The molecule has 1 atom stereocenters. The molecule has 0 saturated carbocycles. The molecule has 1 aromatic rings. The van der Waals surface area contributed by atoms with E-state index in [-0.39, 0.29) is 18.0 Å². The third-order valence-corrected chi connectivity index (χ3v) is 6.60. The molecule has 3 fully saturated rings. The monoisotopic (exact) mass is 385 g/mol. The minimum atomic E-state index is -0.414. The number of nitrogens with zero attached hydrogens (tertiary/aromatic N) is 3. The lowest BCUT2D eigenvalue weighted by molar-refractivity contribution is -0.141. The van der Waals surface area contributed by atoms with E-state index in [1.54, 1.807) is 0 Å². The highest BCUT2D eigenvalue weighted by Gasteiger charge is 2.47. The number of hydrogen-bond acceptors (Lipinski definition) is 4. The molecule has 3 aliphatic rings. The highest BCUT2D eigenvalue weighted by atomic mass is 16.6.